The van der Waals surface area contributed by atoms with Crippen LogP contribution in [0.4, 0.5) is 0 Å². The molecule has 0 spiro atoms. The van der Waals surface area contributed by atoms with Crippen LogP contribution in [0.5, 0.6) is 0 Å². The maximum Gasteiger partial charge on any atom is 0.326 e. The Morgan fingerprint density at radius 3 is 2.55 bits per heavy atom. The van der Waals surface area contributed by atoms with Crippen LogP contribution >= 0.6 is 0 Å². The van der Waals surface area contributed by atoms with Crippen LogP contribution in [0.2, 0.25) is 0 Å². The highest BCUT2D eigenvalue weighted by atomic mass is 32.2. The number of fused-ring (bicyclic) bond motifs is 1. The third-order valence-electron chi connectivity index (χ3n) is 4.17. The third kappa shape index (κ3) is 2.40. The molecule has 0 bridgehead atoms. The Morgan fingerprint density at radius 1 is 1.23 bits per heavy atom. The smallest absolute Gasteiger partial charge is 0.326 e. The van der Waals surface area contributed by atoms with Crippen molar-refractivity contribution in [3.8, 4) is 0 Å². The van der Waals surface area contributed by atoms with Crippen LogP contribution in [0.1, 0.15) is 25.8 Å². The average Bonchev–Trinajstić information content (AvgIpc) is 3.15. The summed E-state index contributed by atoms with van der Waals surface area (Å²) >= 11 is 0. The van der Waals surface area contributed by atoms with Crippen molar-refractivity contribution in [3.05, 3.63) is 30.5 Å². The van der Waals surface area contributed by atoms with Gasteiger partial charge in [-0.1, -0.05) is 0 Å². The molecule has 1 fully saturated rings. The number of benzene rings is 1. The minimum absolute atomic E-state index is 0.266. The largest absolute Gasteiger partial charge is 0.480 e. The van der Waals surface area contributed by atoms with Gasteiger partial charge in [0.05, 0.1) is 4.90 Å². The second-order valence-electron chi connectivity index (χ2n) is 5.57. The normalized spacial score (nSPS) is 17.9. The molecule has 1 atom stereocenters. The number of rotatable bonds is 4. The zero-order valence-electron chi connectivity index (χ0n) is 12.3. The van der Waals surface area contributed by atoms with Crippen LogP contribution in [0.15, 0.2) is 35.4 Å². The van der Waals surface area contributed by atoms with Crippen LogP contribution in [0.3, 0.4) is 0 Å². The number of hydrogen-bond donors (Lipinski definition) is 1. The summed E-state index contributed by atoms with van der Waals surface area (Å²) in [5.41, 5.74) is 0.718. The van der Waals surface area contributed by atoms with Gasteiger partial charge in [0.1, 0.15) is 6.04 Å². The Kier molecular flexibility index (Phi) is 3.70. The fraction of sp³-hybridized carbons (Fsp3) is 0.400. The summed E-state index contributed by atoms with van der Waals surface area (Å²) in [6.07, 6.45) is 3.47. The Labute approximate surface area is 129 Å². The molecule has 0 aliphatic carbocycles. The maximum absolute atomic E-state index is 12.6. The van der Waals surface area contributed by atoms with Crippen molar-refractivity contribution in [2.75, 3.05) is 13.1 Å². The van der Waals surface area contributed by atoms with E-state index in [1.165, 1.54) is 4.31 Å². The zero-order valence-corrected chi connectivity index (χ0v) is 13.1. The van der Waals surface area contributed by atoms with Crippen LogP contribution in [-0.2, 0) is 14.8 Å². The fourth-order valence-electron chi connectivity index (χ4n) is 2.84. The standard InChI is InChI=1S/C15H18N2O4S/c1-11(15(18)19)17-9-6-12-10-13(4-5-14(12)17)22(20,21)16-7-2-3-8-16/h4-6,9-11H,2-3,7-8H2,1H3,(H,18,19). The van der Waals surface area contributed by atoms with E-state index in [9.17, 15) is 13.2 Å². The number of aromatic nitrogens is 1. The minimum atomic E-state index is -3.45. The molecule has 2 aromatic rings. The second-order valence-corrected chi connectivity index (χ2v) is 7.51. The lowest BCUT2D eigenvalue weighted by Crippen LogP contribution is -2.27. The van der Waals surface area contributed by atoms with Crippen molar-refractivity contribution in [2.24, 2.45) is 0 Å². The number of sulfonamides is 1. The molecular formula is C15H18N2O4S. The summed E-state index contributed by atoms with van der Waals surface area (Å²) in [7, 11) is -3.45. The highest BCUT2D eigenvalue weighted by molar-refractivity contribution is 7.89. The molecule has 22 heavy (non-hydrogen) atoms. The summed E-state index contributed by atoms with van der Waals surface area (Å²) < 4.78 is 28.2. The first-order valence-corrected chi connectivity index (χ1v) is 8.69. The van der Waals surface area contributed by atoms with Crippen molar-refractivity contribution >= 4 is 26.9 Å². The highest BCUT2D eigenvalue weighted by Crippen LogP contribution is 2.26. The first-order chi connectivity index (χ1) is 10.4. The first kappa shape index (κ1) is 15.1. The molecular weight excluding hydrogens is 304 g/mol. The van der Waals surface area contributed by atoms with E-state index < -0.39 is 22.0 Å². The lowest BCUT2D eigenvalue weighted by molar-refractivity contribution is -0.140. The second kappa shape index (κ2) is 5.40. The molecule has 0 radical (unpaired) electrons. The van der Waals surface area contributed by atoms with Crippen LogP contribution in [-0.4, -0.2) is 41.5 Å². The van der Waals surface area contributed by atoms with Gasteiger partial charge in [-0.3, -0.25) is 0 Å². The van der Waals surface area contributed by atoms with E-state index in [0.717, 1.165) is 23.7 Å². The molecule has 1 saturated heterocycles. The Balaban J connectivity index is 2.03. The van der Waals surface area contributed by atoms with Gasteiger partial charge >= 0.3 is 5.97 Å². The van der Waals surface area contributed by atoms with E-state index in [1.807, 2.05) is 0 Å². The van der Waals surface area contributed by atoms with Crippen LogP contribution in [0, 0.1) is 0 Å². The van der Waals surface area contributed by atoms with Crippen LogP contribution < -0.4 is 0 Å². The van der Waals surface area contributed by atoms with Crippen molar-refractivity contribution in [1.29, 1.82) is 0 Å². The molecule has 1 aliphatic heterocycles. The number of hydrogen-bond acceptors (Lipinski definition) is 3. The van der Waals surface area contributed by atoms with Crippen molar-refractivity contribution in [2.45, 2.75) is 30.7 Å². The highest BCUT2D eigenvalue weighted by Gasteiger charge is 2.27. The summed E-state index contributed by atoms with van der Waals surface area (Å²) in [6.45, 7) is 2.73. The van der Waals surface area contributed by atoms with Gasteiger partial charge in [-0.2, -0.15) is 4.31 Å². The molecule has 2 heterocycles. The van der Waals surface area contributed by atoms with Gasteiger partial charge in [0.15, 0.2) is 0 Å². The number of carbonyl (C=O) groups is 1. The summed E-state index contributed by atoms with van der Waals surface area (Å²) in [6, 6.07) is 5.91. The van der Waals surface area contributed by atoms with Gasteiger partial charge in [-0.25, -0.2) is 13.2 Å². The zero-order chi connectivity index (χ0) is 15.9. The number of aliphatic carboxylic acids is 1. The van der Waals surface area contributed by atoms with E-state index in [4.69, 9.17) is 5.11 Å². The Bertz CT molecular complexity index is 819. The van der Waals surface area contributed by atoms with Gasteiger partial charge in [-0.05, 0) is 44.0 Å². The molecule has 7 heteroatoms. The molecule has 1 unspecified atom stereocenters. The monoisotopic (exact) mass is 322 g/mol. The van der Waals surface area contributed by atoms with E-state index >= 15 is 0 Å². The van der Waals surface area contributed by atoms with E-state index in [2.05, 4.69) is 0 Å². The molecule has 6 nitrogen and oxygen atoms in total. The molecule has 1 aromatic carbocycles. The predicted molar refractivity (Wildman–Crippen MR) is 82.3 cm³/mol. The molecule has 1 aromatic heterocycles. The van der Waals surface area contributed by atoms with Gasteiger partial charge in [0.25, 0.3) is 0 Å². The summed E-state index contributed by atoms with van der Waals surface area (Å²) in [5.74, 6) is -0.925. The Hall–Kier alpha value is -1.86. The number of carboxylic acids is 1. The Morgan fingerprint density at radius 2 is 1.91 bits per heavy atom. The first-order valence-electron chi connectivity index (χ1n) is 7.25. The molecule has 1 aliphatic rings. The third-order valence-corrected chi connectivity index (χ3v) is 6.06. The summed E-state index contributed by atoms with van der Waals surface area (Å²) in [4.78, 5) is 11.4. The maximum atomic E-state index is 12.6. The topological polar surface area (TPSA) is 79.6 Å². The van der Waals surface area contributed by atoms with E-state index in [1.54, 1.807) is 42.0 Å². The molecule has 3 rings (SSSR count). The fourth-order valence-corrected chi connectivity index (χ4v) is 4.39. The van der Waals surface area contributed by atoms with Crippen molar-refractivity contribution < 1.29 is 18.3 Å². The number of nitrogens with zero attached hydrogens (tertiary/aromatic N) is 2. The molecule has 0 saturated carbocycles. The van der Waals surface area contributed by atoms with Crippen molar-refractivity contribution in [1.82, 2.24) is 8.87 Å². The molecule has 0 amide bonds. The van der Waals surface area contributed by atoms with E-state index in [-0.39, 0.29) is 4.90 Å². The lowest BCUT2D eigenvalue weighted by atomic mass is 10.2. The number of carboxylic acid groups (broad SMARTS) is 1. The van der Waals surface area contributed by atoms with Crippen molar-refractivity contribution in [3.63, 3.8) is 0 Å². The minimum Gasteiger partial charge on any atom is -0.480 e. The van der Waals surface area contributed by atoms with Gasteiger partial charge < -0.3 is 9.67 Å². The van der Waals surface area contributed by atoms with Gasteiger partial charge in [0.2, 0.25) is 10.0 Å². The molecule has 118 valence electrons. The SMILES string of the molecule is CC(C(=O)O)n1ccc2cc(S(=O)(=O)N3CCCC3)ccc21. The van der Waals surface area contributed by atoms with Gasteiger partial charge in [-0.15, -0.1) is 0 Å². The average molecular weight is 322 g/mol. The summed E-state index contributed by atoms with van der Waals surface area (Å²) in [5, 5.41) is 9.85. The lowest BCUT2D eigenvalue weighted by Gasteiger charge is -2.16. The molecule has 1 N–H and O–H groups in total. The van der Waals surface area contributed by atoms with E-state index in [0.29, 0.717) is 13.1 Å². The predicted octanol–water partition coefficient (Wildman–Crippen LogP) is 2.07. The van der Waals surface area contributed by atoms with Gasteiger partial charge in [0, 0.05) is 30.2 Å². The van der Waals surface area contributed by atoms with Crippen LogP contribution in [0.25, 0.3) is 10.9 Å². The quantitative estimate of drug-likeness (QED) is 0.934.